The van der Waals surface area contributed by atoms with E-state index in [1.807, 2.05) is 0 Å². The molecular formula is C18H20ClN3O3. The van der Waals surface area contributed by atoms with Crippen molar-refractivity contribution in [3.8, 4) is 0 Å². The summed E-state index contributed by atoms with van der Waals surface area (Å²) in [6.07, 6.45) is 6.98. The number of nitrogens with one attached hydrogen (secondary N) is 1. The Hall–Kier alpha value is -2.34. The van der Waals surface area contributed by atoms with Gasteiger partial charge in [0.25, 0.3) is 5.91 Å². The highest BCUT2D eigenvalue weighted by Crippen LogP contribution is 2.25. The molecule has 2 aromatic rings. The number of pyridine rings is 1. The van der Waals surface area contributed by atoms with Crippen LogP contribution < -0.4 is 5.32 Å². The van der Waals surface area contributed by atoms with Crippen molar-refractivity contribution < 1.29 is 14.0 Å². The highest BCUT2D eigenvalue weighted by atomic mass is 35.5. The maximum absolute atomic E-state index is 12.9. The fourth-order valence-corrected chi connectivity index (χ4v) is 3.17. The lowest BCUT2D eigenvalue weighted by molar-refractivity contribution is -0.122. The van der Waals surface area contributed by atoms with E-state index in [0.717, 1.165) is 25.7 Å². The van der Waals surface area contributed by atoms with E-state index >= 15 is 0 Å². The van der Waals surface area contributed by atoms with Crippen LogP contribution in [0.4, 0.5) is 0 Å². The van der Waals surface area contributed by atoms with Crippen molar-refractivity contribution in [2.45, 2.75) is 38.3 Å². The molecule has 6 nitrogen and oxygen atoms in total. The average molecular weight is 362 g/mol. The zero-order valence-corrected chi connectivity index (χ0v) is 14.5. The van der Waals surface area contributed by atoms with Crippen molar-refractivity contribution in [3.63, 3.8) is 0 Å². The molecule has 1 aliphatic carbocycles. The summed E-state index contributed by atoms with van der Waals surface area (Å²) in [4.78, 5) is 30.8. The van der Waals surface area contributed by atoms with Gasteiger partial charge in [-0.25, -0.2) is 4.98 Å². The van der Waals surface area contributed by atoms with Crippen molar-refractivity contribution in [2.75, 3.05) is 6.54 Å². The van der Waals surface area contributed by atoms with Crippen LogP contribution in [0.1, 0.15) is 41.8 Å². The number of nitrogens with zero attached hydrogens (tertiary/aromatic N) is 2. The van der Waals surface area contributed by atoms with Gasteiger partial charge in [-0.1, -0.05) is 24.4 Å². The zero-order chi connectivity index (χ0) is 17.6. The van der Waals surface area contributed by atoms with Gasteiger partial charge in [0.15, 0.2) is 0 Å². The molecule has 132 valence electrons. The lowest BCUT2D eigenvalue weighted by Gasteiger charge is -2.28. The molecule has 3 rings (SSSR count). The van der Waals surface area contributed by atoms with E-state index in [-0.39, 0.29) is 24.4 Å². The summed E-state index contributed by atoms with van der Waals surface area (Å²) in [7, 11) is 0. The molecule has 0 unspecified atom stereocenters. The Morgan fingerprint density at radius 2 is 2.08 bits per heavy atom. The van der Waals surface area contributed by atoms with Gasteiger partial charge in [-0.3, -0.25) is 9.59 Å². The number of furan rings is 1. The fraction of sp³-hybridized carbons (Fsp3) is 0.389. The Labute approximate surface area is 151 Å². The average Bonchev–Trinajstić information content (AvgIpc) is 3.31. The molecule has 2 heterocycles. The van der Waals surface area contributed by atoms with Crippen LogP contribution in [0.3, 0.4) is 0 Å². The second-order valence-corrected chi connectivity index (χ2v) is 6.48. The highest BCUT2D eigenvalue weighted by Gasteiger charge is 2.29. The summed E-state index contributed by atoms with van der Waals surface area (Å²) < 4.78 is 5.20. The van der Waals surface area contributed by atoms with Gasteiger partial charge >= 0.3 is 0 Å². The standard InChI is InChI=1S/C18H20ClN3O3/c19-16-8-7-13(10-20-16)18(24)22(14-4-1-2-5-14)12-17(23)21-11-15-6-3-9-25-15/h3,6-10,14H,1-2,4-5,11-12H2,(H,21,23). The van der Waals surface area contributed by atoms with Gasteiger partial charge in [-0.15, -0.1) is 0 Å². The fourth-order valence-electron chi connectivity index (χ4n) is 3.06. The second kappa shape index (κ2) is 8.16. The van der Waals surface area contributed by atoms with Crippen LogP contribution in [-0.2, 0) is 11.3 Å². The molecule has 1 fully saturated rings. The predicted octanol–water partition coefficient (Wildman–Crippen LogP) is 3.03. The summed E-state index contributed by atoms with van der Waals surface area (Å²) in [5, 5.41) is 3.12. The number of hydrogen-bond acceptors (Lipinski definition) is 4. The molecule has 0 aliphatic heterocycles. The third-order valence-corrected chi connectivity index (χ3v) is 4.58. The van der Waals surface area contributed by atoms with E-state index < -0.39 is 0 Å². The van der Waals surface area contributed by atoms with Crippen LogP contribution in [0.5, 0.6) is 0 Å². The number of carbonyl (C=O) groups excluding carboxylic acids is 2. The number of carbonyl (C=O) groups is 2. The van der Waals surface area contributed by atoms with Crippen molar-refractivity contribution >= 4 is 23.4 Å². The topological polar surface area (TPSA) is 75.4 Å². The number of amides is 2. The largest absolute Gasteiger partial charge is 0.467 e. The molecule has 0 bridgehead atoms. The quantitative estimate of drug-likeness (QED) is 0.802. The summed E-state index contributed by atoms with van der Waals surface area (Å²) in [6, 6.07) is 6.86. The van der Waals surface area contributed by atoms with Crippen LogP contribution in [-0.4, -0.2) is 34.3 Å². The van der Waals surface area contributed by atoms with Crippen molar-refractivity contribution in [2.24, 2.45) is 0 Å². The van der Waals surface area contributed by atoms with Gasteiger partial charge in [-0.05, 0) is 37.1 Å². The predicted molar refractivity (Wildman–Crippen MR) is 93.1 cm³/mol. The minimum atomic E-state index is -0.210. The molecule has 2 aromatic heterocycles. The third-order valence-electron chi connectivity index (χ3n) is 4.35. The molecule has 0 radical (unpaired) electrons. The Bertz CT molecular complexity index is 710. The molecule has 0 saturated heterocycles. The summed E-state index contributed by atoms with van der Waals surface area (Å²) >= 11 is 5.79. The summed E-state index contributed by atoms with van der Waals surface area (Å²) in [5.41, 5.74) is 0.440. The first kappa shape index (κ1) is 17.5. The van der Waals surface area contributed by atoms with E-state index in [4.69, 9.17) is 16.0 Å². The van der Waals surface area contributed by atoms with Gasteiger partial charge in [0, 0.05) is 12.2 Å². The first-order chi connectivity index (χ1) is 12.1. The van der Waals surface area contributed by atoms with Gasteiger partial charge in [0.05, 0.1) is 18.4 Å². The van der Waals surface area contributed by atoms with Crippen LogP contribution in [0.15, 0.2) is 41.1 Å². The third kappa shape index (κ3) is 4.60. The molecule has 0 spiro atoms. The lowest BCUT2D eigenvalue weighted by Crippen LogP contribution is -2.45. The minimum absolute atomic E-state index is 0.0207. The molecule has 1 aliphatic rings. The molecule has 0 aromatic carbocycles. The Kier molecular flexibility index (Phi) is 5.71. The van der Waals surface area contributed by atoms with Crippen molar-refractivity contribution in [1.82, 2.24) is 15.2 Å². The Morgan fingerprint density at radius 1 is 1.28 bits per heavy atom. The number of rotatable bonds is 6. The van der Waals surface area contributed by atoms with Crippen LogP contribution >= 0.6 is 11.6 Å². The van der Waals surface area contributed by atoms with Crippen LogP contribution in [0.2, 0.25) is 5.15 Å². The van der Waals surface area contributed by atoms with Gasteiger partial charge in [0.1, 0.15) is 17.5 Å². The Morgan fingerprint density at radius 3 is 2.72 bits per heavy atom. The van der Waals surface area contributed by atoms with Crippen molar-refractivity contribution in [3.05, 3.63) is 53.2 Å². The molecule has 25 heavy (non-hydrogen) atoms. The van der Waals surface area contributed by atoms with E-state index in [1.165, 1.54) is 6.20 Å². The van der Waals surface area contributed by atoms with E-state index in [1.54, 1.807) is 35.4 Å². The van der Waals surface area contributed by atoms with E-state index in [9.17, 15) is 9.59 Å². The van der Waals surface area contributed by atoms with Crippen LogP contribution in [0.25, 0.3) is 0 Å². The van der Waals surface area contributed by atoms with E-state index in [0.29, 0.717) is 23.0 Å². The maximum atomic E-state index is 12.9. The molecule has 1 saturated carbocycles. The first-order valence-electron chi connectivity index (χ1n) is 8.35. The molecule has 7 heteroatoms. The summed E-state index contributed by atoms with van der Waals surface area (Å²) in [6.45, 7) is 0.327. The number of halogens is 1. The monoisotopic (exact) mass is 361 g/mol. The molecule has 0 atom stereocenters. The minimum Gasteiger partial charge on any atom is -0.467 e. The van der Waals surface area contributed by atoms with E-state index in [2.05, 4.69) is 10.3 Å². The first-order valence-corrected chi connectivity index (χ1v) is 8.73. The Balaban J connectivity index is 1.67. The lowest BCUT2D eigenvalue weighted by atomic mass is 10.1. The second-order valence-electron chi connectivity index (χ2n) is 6.10. The maximum Gasteiger partial charge on any atom is 0.256 e. The summed E-state index contributed by atoms with van der Waals surface area (Å²) in [5.74, 6) is 0.275. The number of hydrogen-bond donors (Lipinski definition) is 1. The molecule has 1 N–H and O–H groups in total. The van der Waals surface area contributed by atoms with Crippen molar-refractivity contribution in [1.29, 1.82) is 0 Å². The molecular weight excluding hydrogens is 342 g/mol. The normalized spacial score (nSPS) is 14.4. The highest BCUT2D eigenvalue weighted by molar-refractivity contribution is 6.29. The van der Waals surface area contributed by atoms with Gasteiger partial charge in [0.2, 0.25) is 5.91 Å². The SMILES string of the molecule is O=C(CN(C(=O)c1ccc(Cl)nc1)C1CCCC1)NCc1ccco1. The molecule has 2 amide bonds. The smallest absolute Gasteiger partial charge is 0.256 e. The zero-order valence-electron chi connectivity index (χ0n) is 13.8. The van der Waals surface area contributed by atoms with Crippen LogP contribution in [0, 0.1) is 0 Å². The number of aromatic nitrogens is 1. The van der Waals surface area contributed by atoms with Gasteiger partial charge < -0.3 is 14.6 Å². The van der Waals surface area contributed by atoms with Gasteiger partial charge in [-0.2, -0.15) is 0 Å².